The fourth-order valence-electron chi connectivity index (χ4n) is 2.47. The van der Waals surface area contributed by atoms with Crippen molar-refractivity contribution in [2.24, 2.45) is 0 Å². The quantitative estimate of drug-likeness (QED) is 0.647. The third-order valence-corrected chi connectivity index (χ3v) is 4.54. The van der Waals surface area contributed by atoms with E-state index >= 15 is 0 Å². The molecule has 0 fully saturated rings. The molecule has 0 saturated carbocycles. The zero-order valence-electron chi connectivity index (χ0n) is 14.9. The molecule has 0 radical (unpaired) electrons. The highest BCUT2D eigenvalue weighted by molar-refractivity contribution is 6.37. The van der Waals surface area contributed by atoms with Gasteiger partial charge >= 0.3 is 0 Å². The standard InChI is InChI=1S/C18H19Cl2N5O2/c1-3-24-10-13(12(2)22-24)9-21-18(26)16-7-8-25(23-16)11-27-17-14(19)5-4-6-15(17)20/h4-8,10H,3,9,11H2,1-2H3,(H,21,26). The first-order valence-corrected chi connectivity index (χ1v) is 9.15. The van der Waals surface area contributed by atoms with Crippen molar-refractivity contribution < 1.29 is 9.53 Å². The molecule has 0 aliphatic heterocycles. The van der Waals surface area contributed by atoms with Crippen LogP contribution in [0.5, 0.6) is 5.75 Å². The van der Waals surface area contributed by atoms with Gasteiger partial charge in [0.15, 0.2) is 12.5 Å². The maximum atomic E-state index is 12.3. The highest BCUT2D eigenvalue weighted by Crippen LogP contribution is 2.32. The molecule has 0 atom stereocenters. The van der Waals surface area contributed by atoms with E-state index in [2.05, 4.69) is 15.5 Å². The summed E-state index contributed by atoms with van der Waals surface area (Å²) in [6.45, 7) is 5.19. The lowest BCUT2D eigenvalue weighted by molar-refractivity contribution is 0.0944. The maximum Gasteiger partial charge on any atom is 0.272 e. The third-order valence-electron chi connectivity index (χ3n) is 3.94. The lowest BCUT2D eigenvalue weighted by Gasteiger charge is -2.09. The first kappa shape index (κ1) is 19.3. The van der Waals surface area contributed by atoms with E-state index in [1.165, 1.54) is 4.68 Å². The molecule has 1 amide bonds. The largest absolute Gasteiger partial charge is 0.468 e. The van der Waals surface area contributed by atoms with Crippen molar-refractivity contribution in [3.63, 3.8) is 0 Å². The Kier molecular flexibility index (Phi) is 6.03. The van der Waals surface area contributed by atoms with Crippen LogP contribution in [0.3, 0.4) is 0 Å². The van der Waals surface area contributed by atoms with Gasteiger partial charge in [-0.2, -0.15) is 10.2 Å². The number of nitrogens with zero attached hydrogens (tertiary/aromatic N) is 4. The lowest BCUT2D eigenvalue weighted by Crippen LogP contribution is -2.23. The number of para-hydroxylation sites is 1. The summed E-state index contributed by atoms with van der Waals surface area (Å²) < 4.78 is 8.93. The van der Waals surface area contributed by atoms with Crippen LogP contribution in [-0.4, -0.2) is 25.5 Å². The molecule has 3 aromatic rings. The van der Waals surface area contributed by atoms with Crippen LogP contribution in [0.25, 0.3) is 0 Å². The van der Waals surface area contributed by atoms with Gasteiger partial charge in [0, 0.05) is 31.0 Å². The number of nitrogens with one attached hydrogen (secondary N) is 1. The Morgan fingerprint density at radius 1 is 1.19 bits per heavy atom. The molecular weight excluding hydrogens is 389 g/mol. The van der Waals surface area contributed by atoms with E-state index in [4.69, 9.17) is 27.9 Å². The number of carbonyl (C=O) groups excluding carboxylic acids is 1. The number of benzene rings is 1. The molecular formula is C18H19Cl2N5O2. The molecule has 9 heteroatoms. The van der Waals surface area contributed by atoms with Gasteiger partial charge in [0.1, 0.15) is 5.69 Å². The second kappa shape index (κ2) is 8.45. The number of carbonyl (C=O) groups is 1. The van der Waals surface area contributed by atoms with Crippen LogP contribution < -0.4 is 10.1 Å². The Morgan fingerprint density at radius 2 is 1.93 bits per heavy atom. The monoisotopic (exact) mass is 407 g/mol. The minimum atomic E-state index is -0.270. The van der Waals surface area contributed by atoms with Crippen LogP contribution in [-0.2, 0) is 19.8 Å². The summed E-state index contributed by atoms with van der Waals surface area (Å²) >= 11 is 12.1. The summed E-state index contributed by atoms with van der Waals surface area (Å²) in [7, 11) is 0. The van der Waals surface area contributed by atoms with Gasteiger partial charge in [-0.1, -0.05) is 29.3 Å². The normalized spacial score (nSPS) is 10.8. The number of aromatic nitrogens is 4. The molecule has 0 saturated heterocycles. The van der Waals surface area contributed by atoms with Crippen molar-refractivity contribution in [3.8, 4) is 5.75 Å². The van der Waals surface area contributed by atoms with Gasteiger partial charge in [-0.05, 0) is 32.0 Å². The molecule has 1 aromatic carbocycles. The van der Waals surface area contributed by atoms with E-state index in [0.29, 0.717) is 28.0 Å². The molecule has 0 aliphatic carbocycles. The summed E-state index contributed by atoms with van der Waals surface area (Å²) in [5, 5.41) is 12.2. The molecule has 0 unspecified atom stereocenters. The number of halogens is 2. The maximum absolute atomic E-state index is 12.3. The van der Waals surface area contributed by atoms with Gasteiger partial charge in [-0.3, -0.25) is 9.48 Å². The number of hydrogen-bond acceptors (Lipinski definition) is 4. The van der Waals surface area contributed by atoms with Crippen LogP contribution in [0.15, 0.2) is 36.7 Å². The van der Waals surface area contributed by atoms with E-state index in [-0.39, 0.29) is 12.6 Å². The van der Waals surface area contributed by atoms with Crippen molar-refractivity contribution >= 4 is 29.1 Å². The molecule has 1 N–H and O–H groups in total. The lowest BCUT2D eigenvalue weighted by atomic mass is 10.2. The summed E-state index contributed by atoms with van der Waals surface area (Å²) in [5.41, 5.74) is 2.17. The first-order chi connectivity index (χ1) is 13.0. The van der Waals surface area contributed by atoms with Gasteiger partial charge in [-0.25, -0.2) is 4.68 Å². The predicted octanol–water partition coefficient (Wildman–Crippen LogP) is 3.68. The summed E-state index contributed by atoms with van der Waals surface area (Å²) in [5.74, 6) is 0.110. The van der Waals surface area contributed by atoms with Gasteiger partial charge in [0.25, 0.3) is 5.91 Å². The molecule has 142 valence electrons. The van der Waals surface area contributed by atoms with Crippen molar-refractivity contribution in [3.05, 3.63) is 63.7 Å². The third kappa shape index (κ3) is 4.61. The van der Waals surface area contributed by atoms with Crippen molar-refractivity contribution in [1.82, 2.24) is 24.9 Å². The average Bonchev–Trinajstić information content (AvgIpc) is 3.26. The second-order valence-electron chi connectivity index (χ2n) is 5.84. The molecule has 2 aromatic heterocycles. The number of amides is 1. The van der Waals surface area contributed by atoms with Crippen molar-refractivity contribution in [2.45, 2.75) is 33.7 Å². The zero-order chi connectivity index (χ0) is 19.4. The fourth-order valence-corrected chi connectivity index (χ4v) is 2.97. The Morgan fingerprint density at radius 3 is 2.59 bits per heavy atom. The number of aryl methyl sites for hydroxylation is 2. The fraction of sp³-hybridized carbons (Fsp3) is 0.278. The predicted molar refractivity (Wildman–Crippen MR) is 103 cm³/mol. The highest BCUT2D eigenvalue weighted by Gasteiger charge is 2.12. The Balaban J connectivity index is 1.58. The topological polar surface area (TPSA) is 74.0 Å². The van der Waals surface area contributed by atoms with Crippen molar-refractivity contribution in [1.29, 1.82) is 0 Å². The molecule has 0 spiro atoms. The van der Waals surface area contributed by atoms with Gasteiger partial charge in [0.2, 0.25) is 0 Å². The summed E-state index contributed by atoms with van der Waals surface area (Å²) in [4.78, 5) is 12.3. The molecule has 2 heterocycles. The average molecular weight is 408 g/mol. The zero-order valence-corrected chi connectivity index (χ0v) is 16.5. The van der Waals surface area contributed by atoms with Crippen molar-refractivity contribution in [2.75, 3.05) is 0 Å². The Hall–Kier alpha value is -2.51. The van der Waals surface area contributed by atoms with Gasteiger partial charge in [0.05, 0.1) is 15.7 Å². The van der Waals surface area contributed by atoms with Crippen LogP contribution in [0.4, 0.5) is 0 Å². The number of hydrogen-bond donors (Lipinski definition) is 1. The van der Waals surface area contributed by atoms with E-state index in [9.17, 15) is 4.79 Å². The smallest absolute Gasteiger partial charge is 0.272 e. The Labute approximate surface area is 166 Å². The molecule has 0 aliphatic rings. The first-order valence-electron chi connectivity index (χ1n) is 8.39. The number of rotatable bonds is 7. The molecule has 27 heavy (non-hydrogen) atoms. The number of ether oxygens (including phenoxy) is 1. The van der Waals surface area contributed by atoms with Gasteiger partial charge in [-0.15, -0.1) is 0 Å². The van der Waals surface area contributed by atoms with E-state index in [1.807, 2.05) is 24.7 Å². The summed E-state index contributed by atoms with van der Waals surface area (Å²) in [6.07, 6.45) is 3.58. The van der Waals surface area contributed by atoms with Gasteiger partial charge < -0.3 is 10.1 Å². The SMILES string of the molecule is CCn1cc(CNC(=O)c2ccn(COc3c(Cl)cccc3Cl)n2)c(C)n1. The summed E-state index contributed by atoms with van der Waals surface area (Å²) in [6, 6.07) is 6.73. The van der Waals surface area contributed by atoms with Crippen LogP contribution in [0.2, 0.25) is 10.0 Å². The Bertz CT molecular complexity index is 931. The minimum Gasteiger partial charge on any atom is -0.468 e. The van der Waals surface area contributed by atoms with E-state index in [0.717, 1.165) is 17.8 Å². The minimum absolute atomic E-state index is 0.0825. The van der Waals surface area contributed by atoms with E-state index in [1.54, 1.807) is 30.5 Å². The van der Waals surface area contributed by atoms with Crippen LogP contribution >= 0.6 is 23.2 Å². The second-order valence-corrected chi connectivity index (χ2v) is 6.66. The highest BCUT2D eigenvalue weighted by atomic mass is 35.5. The molecule has 0 bridgehead atoms. The van der Waals surface area contributed by atoms with Crippen LogP contribution in [0.1, 0.15) is 28.7 Å². The molecule has 3 rings (SSSR count). The van der Waals surface area contributed by atoms with E-state index < -0.39 is 0 Å². The van der Waals surface area contributed by atoms with Crippen LogP contribution in [0, 0.1) is 6.92 Å². The molecule has 7 nitrogen and oxygen atoms in total.